The van der Waals surface area contributed by atoms with Crippen molar-refractivity contribution in [1.29, 1.82) is 0 Å². The molecule has 0 spiro atoms. The third-order valence-corrected chi connectivity index (χ3v) is 7.25. The quantitative estimate of drug-likeness (QED) is 0.301. The summed E-state index contributed by atoms with van der Waals surface area (Å²) in [4.78, 5) is 28.7. The lowest BCUT2D eigenvalue weighted by atomic mass is 10.0. The molecule has 0 fully saturated rings. The molecule has 0 unspecified atom stereocenters. The molecule has 3 rings (SSSR count). The fourth-order valence-electron chi connectivity index (χ4n) is 4.22. The van der Waals surface area contributed by atoms with Crippen LogP contribution in [0.1, 0.15) is 41.2 Å². The molecule has 0 bridgehead atoms. The Morgan fingerprint density at radius 2 is 1.61 bits per heavy atom. The van der Waals surface area contributed by atoms with Gasteiger partial charge in [-0.15, -0.1) is 11.8 Å². The Labute approximate surface area is 224 Å². The lowest BCUT2D eigenvalue weighted by molar-refractivity contribution is -0.139. The molecule has 190 valence electrons. The molecule has 2 amide bonds. The topological polar surface area (TPSA) is 49.4 Å². The summed E-state index contributed by atoms with van der Waals surface area (Å²) in [6.45, 7) is 7.03. The van der Waals surface area contributed by atoms with Gasteiger partial charge in [-0.2, -0.15) is 0 Å². The average Bonchev–Trinajstić information content (AvgIpc) is 2.85. The maximum absolute atomic E-state index is 13.7. The molecule has 1 N–H and O–H groups in total. The maximum Gasteiger partial charge on any atom is 0.243 e. The van der Waals surface area contributed by atoms with Gasteiger partial charge in [0.15, 0.2) is 0 Å². The van der Waals surface area contributed by atoms with Crippen LogP contribution in [0.25, 0.3) is 0 Å². The van der Waals surface area contributed by atoms with Gasteiger partial charge < -0.3 is 10.2 Å². The first-order chi connectivity index (χ1) is 17.4. The van der Waals surface area contributed by atoms with Gasteiger partial charge in [-0.25, -0.2) is 0 Å². The molecule has 6 heteroatoms. The molecule has 0 aliphatic heterocycles. The van der Waals surface area contributed by atoms with Crippen LogP contribution >= 0.6 is 23.4 Å². The summed E-state index contributed by atoms with van der Waals surface area (Å²) in [6, 6.07) is 23.2. The van der Waals surface area contributed by atoms with Gasteiger partial charge in [0, 0.05) is 30.3 Å². The van der Waals surface area contributed by atoms with Crippen molar-refractivity contribution in [2.24, 2.45) is 0 Å². The van der Waals surface area contributed by atoms with Crippen molar-refractivity contribution in [2.45, 2.75) is 52.0 Å². The first-order valence-corrected chi connectivity index (χ1v) is 13.9. The maximum atomic E-state index is 13.7. The summed E-state index contributed by atoms with van der Waals surface area (Å²) >= 11 is 8.04. The standard InChI is InChI=1S/C30H35ClN2O2S/c1-4-14-32-30(35)28(18-24-10-6-5-7-11-24)33(19-26-12-8-9-13-27(26)31)29(34)21-36-20-25-16-22(2)15-23(3)17-25/h5-13,15-17,28H,4,14,18-21H2,1-3H3,(H,32,35)/t28-/m0/s1. The van der Waals surface area contributed by atoms with Crippen LogP contribution in [0.5, 0.6) is 0 Å². The predicted octanol–water partition coefficient (Wildman–Crippen LogP) is 6.36. The van der Waals surface area contributed by atoms with E-state index in [9.17, 15) is 9.59 Å². The highest BCUT2D eigenvalue weighted by Crippen LogP contribution is 2.22. The minimum Gasteiger partial charge on any atom is -0.354 e. The van der Waals surface area contributed by atoms with E-state index in [0.29, 0.717) is 18.0 Å². The molecule has 0 heterocycles. The Bertz CT molecular complexity index is 1130. The van der Waals surface area contributed by atoms with Gasteiger partial charge in [0.1, 0.15) is 6.04 Å². The Morgan fingerprint density at radius 3 is 2.28 bits per heavy atom. The molecule has 3 aromatic rings. The second-order valence-electron chi connectivity index (χ2n) is 9.10. The minimum atomic E-state index is -0.635. The number of rotatable bonds is 12. The van der Waals surface area contributed by atoms with Crippen LogP contribution in [0.15, 0.2) is 72.8 Å². The van der Waals surface area contributed by atoms with Gasteiger partial charge in [-0.1, -0.05) is 96.4 Å². The summed E-state index contributed by atoms with van der Waals surface area (Å²) in [5.74, 6) is 0.806. The molecule has 3 aromatic carbocycles. The zero-order valence-electron chi connectivity index (χ0n) is 21.3. The van der Waals surface area contributed by atoms with E-state index in [1.807, 2.05) is 61.5 Å². The summed E-state index contributed by atoms with van der Waals surface area (Å²) in [7, 11) is 0. The molecule has 36 heavy (non-hydrogen) atoms. The van der Waals surface area contributed by atoms with Crippen LogP contribution in [0.3, 0.4) is 0 Å². The molecule has 0 saturated heterocycles. The molecule has 1 atom stereocenters. The minimum absolute atomic E-state index is 0.0723. The number of amides is 2. The summed E-state index contributed by atoms with van der Waals surface area (Å²) < 4.78 is 0. The Kier molecular flexibility index (Phi) is 10.9. The molecular weight excluding hydrogens is 488 g/mol. The van der Waals surface area contributed by atoms with E-state index in [4.69, 9.17) is 11.6 Å². The van der Waals surface area contributed by atoms with E-state index >= 15 is 0 Å². The fraction of sp³-hybridized carbons (Fsp3) is 0.333. The summed E-state index contributed by atoms with van der Waals surface area (Å²) in [5.41, 5.74) is 5.47. The fourth-order valence-corrected chi connectivity index (χ4v) is 5.26. The zero-order chi connectivity index (χ0) is 25.9. The van der Waals surface area contributed by atoms with Gasteiger partial charge in [-0.3, -0.25) is 9.59 Å². The Hall–Kier alpha value is -2.76. The van der Waals surface area contributed by atoms with Gasteiger partial charge >= 0.3 is 0 Å². The number of thioether (sulfide) groups is 1. The summed E-state index contributed by atoms with van der Waals surface area (Å²) in [5, 5.41) is 3.60. The van der Waals surface area contributed by atoms with Gasteiger partial charge in [0.25, 0.3) is 0 Å². The SMILES string of the molecule is CCCNC(=O)[C@H](Cc1ccccc1)N(Cc1ccccc1Cl)C(=O)CSCc1cc(C)cc(C)c1. The first kappa shape index (κ1) is 27.8. The number of nitrogens with zero attached hydrogens (tertiary/aromatic N) is 1. The second kappa shape index (κ2) is 14.1. The van der Waals surface area contributed by atoms with Crippen molar-refractivity contribution >= 4 is 35.2 Å². The van der Waals surface area contributed by atoms with Gasteiger partial charge in [-0.05, 0) is 43.0 Å². The van der Waals surface area contributed by atoms with E-state index in [2.05, 4.69) is 37.4 Å². The van der Waals surface area contributed by atoms with Crippen LogP contribution in [-0.2, 0) is 28.3 Å². The Morgan fingerprint density at radius 1 is 0.944 bits per heavy atom. The average molecular weight is 523 g/mol. The highest BCUT2D eigenvalue weighted by atomic mass is 35.5. The lowest BCUT2D eigenvalue weighted by Crippen LogP contribution is -2.51. The predicted molar refractivity (Wildman–Crippen MR) is 151 cm³/mol. The van der Waals surface area contributed by atoms with Crippen LogP contribution in [-0.4, -0.2) is 35.1 Å². The number of aryl methyl sites for hydroxylation is 2. The first-order valence-electron chi connectivity index (χ1n) is 12.4. The van der Waals surface area contributed by atoms with E-state index < -0.39 is 6.04 Å². The number of halogens is 1. The molecule has 0 saturated carbocycles. The van der Waals surface area contributed by atoms with Crippen molar-refractivity contribution in [3.8, 4) is 0 Å². The number of carbonyl (C=O) groups is 2. The highest BCUT2D eigenvalue weighted by molar-refractivity contribution is 7.99. The van der Waals surface area contributed by atoms with Crippen molar-refractivity contribution in [3.05, 3.63) is 106 Å². The van der Waals surface area contributed by atoms with Crippen molar-refractivity contribution in [2.75, 3.05) is 12.3 Å². The third-order valence-electron chi connectivity index (χ3n) is 5.89. The van der Waals surface area contributed by atoms with Gasteiger partial charge in [0.05, 0.1) is 5.75 Å². The Balaban J connectivity index is 1.84. The number of carbonyl (C=O) groups excluding carboxylic acids is 2. The molecular formula is C30H35ClN2O2S. The molecule has 0 aromatic heterocycles. The van der Waals surface area contributed by atoms with E-state index in [1.54, 1.807) is 16.7 Å². The van der Waals surface area contributed by atoms with Gasteiger partial charge in [0.2, 0.25) is 11.8 Å². The highest BCUT2D eigenvalue weighted by Gasteiger charge is 2.30. The number of hydrogen-bond donors (Lipinski definition) is 1. The molecule has 0 aliphatic rings. The van der Waals surface area contributed by atoms with Crippen LogP contribution < -0.4 is 5.32 Å². The smallest absolute Gasteiger partial charge is 0.243 e. The number of benzene rings is 3. The van der Waals surface area contributed by atoms with Crippen LogP contribution in [0.4, 0.5) is 0 Å². The van der Waals surface area contributed by atoms with Crippen molar-refractivity contribution < 1.29 is 9.59 Å². The molecule has 0 aliphatic carbocycles. The zero-order valence-corrected chi connectivity index (χ0v) is 22.9. The number of nitrogens with one attached hydrogen (secondary N) is 1. The normalized spacial score (nSPS) is 11.7. The lowest BCUT2D eigenvalue weighted by Gasteiger charge is -2.32. The monoisotopic (exact) mass is 522 g/mol. The number of hydrogen-bond acceptors (Lipinski definition) is 3. The van der Waals surface area contributed by atoms with Crippen LogP contribution in [0, 0.1) is 13.8 Å². The van der Waals surface area contributed by atoms with E-state index in [-0.39, 0.29) is 24.1 Å². The van der Waals surface area contributed by atoms with E-state index in [0.717, 1.165) is 23.3 Å². The van der Waals surface area contributed by atoms with Crippen molar-refractivity contribution in [1.82, 2.24) is 10.2 Å². The van der Waals surface area contributed by atoms with Crippen LogP contribution in [0.2, 0.25) is 5.02 Å². The third kappa shape index (κ3) is 8.42. The second-order valence-corrected chi connectivity index (χ2v) is 10.5. The van der Waals surface area contributed by atoms with E-state index in [1.165, 1.54) is 16.7 Å². The molecule has 0 radical (unpaired) electrons. The molecule has 4 nitrogen and oxygen atoms in total. The largest absolute Gasteiger partial charge is 0.354 e. The summed E-state index contributed by atoms with van der Waals surface area (Å²) in [6.07, 6.45) is 1.27. The van der Waals surface area contributed by atoms with Crippen molar-refractivity contribution in [3.63, 3.8) is 0 Å².